The van der Waals surface area contributed by atoms with Crippen molar-refractivity contribution >= 4 is 12.1 Å². The number of benzene rings is 2. The van der Waals surface area contributed by atoms with E-state index in [1.807, 2.05) is 38.1 Å². The van der Waals surface area contributed by atoms with E-state index in [1.165, 1.54) is 0 Å². The third-order valence-electron chi connectivity index (χ3n) is 2.98. The van der Waals surface area contributed by atoms with Gasteiger partial charge in [0.05, 0.1) is 19.4 Å². The van der Waals surface area contributed by atoms with Crippen molar-refractivity contribution in [1.29, 1.82) is 0 Å². The van der Waals surface area contributed by atoms with Crippen LogP contribution in [0.4, 0.5) is 0 Å². The molecule has 2 rings (SSSR count). The summed E-state index contributed by atoms with van der Waals surface area (Å²) < 4.78 is 10.6. The molecular formula is C18H20N2O3. The number of carbonyl (C=O) groups excluding carboxylic acids is 1. The lowest BCUT2D eigenvalue weighted by atomic mass is 10.2. The van der Waals surface area contributed by atoms with Gasteiger partial charge in [-0.3, -0.25) is 4.79 Å². The Balaban J connectivity index is 1.91. The minimum atomic E-state index is -0.272. The second-order valence-corrected chi connectivity index (χ2v) is 5.16. The molecule has 0 aliphatic heterocycles. The van der Waals surface area contributed by atoms with Gasteiger partial charge in [0.1, 0.15) is 11.5 Å². The molecule has 0 aliphatic rings. The molecule has 0 radical (unpaired) electrons. The number of hydrogen-bond acceptors (Lipinski definition) is 4. The van der Waals surface area contributed by atoms with Crippen molar-refractivity contribution in [1.82, 2.24) is 5.43 Å². The van der Waals surface area contributed by atoms with E-state index in [0.29, 0.717) is 5.56 Å². The summed E-state index contributed by atoms with van der Waals surface area (Å²) in [5, 5.41) is 3.95. The smallest absolute Gasteiger partial charge is 0.271 e. The van der Waals surface area contributed by atoms with Crippen LogP contribution in [0.5, 0.6) is 11.5 Å². The molecule has 1 N–H and O–H groups in total. The number of hydrazone groups is 1. The van der Waals surface area contributed by atoms with Crippen LogP contribution in [-0.2, 0) is 0 Å². The van der Waals surface area contributed by atoms with Crippen LogP contribution >= 0.6 is 0 Å². The van der Waals surface area contributed by atoms with Gasteiger partial charge in [0.15, 0.2) is 0 Å². The van der Waals surface area contributed by atoms with Crippen LogP contribution in [0, 0.1) is 0 Å². The summed E-state index contributed by atoms with van der Waals surface area (Å²) in [6, 6.07) is 14.3. The Bertz CT molecular complexity index is 662. The van der Waals surface area contributed by atoms with Crippen LogP contribution in [0.3, 0.4) is 0 Å². The highest BCUT2D eigenvalue weighted by molar-refractivity contribution is 5.95. The van der Waals surface area contributed by atoms with Crippen molar-refractivity contribution in [2.75, 3.05) is 7.11 Å². The quantitative estimate of drug-likeness (QED) is 0.658. The first-order valence-electron chi connectivity index (χ1n) is 7.32. The number of ether oxygens (including phenoxy) is 2. The van der Waals surface area contributed by atoms with Gasteiger partial charge in [-0.2, -0.15) is 5.10 Å². The zero-order valence-electron chi connectivity index (χ0n) is 13.4. The van der Waals surface area contributed by atoms with Crippen molar-refractivity contribution in [3.05, 3.63) is 59.7 Å². The van der Waals surface area contributed by atoms with E-state index in [0.717, 1.165) is 17.1 Å². The van der Waals surface area contributed by atoms with Crippen molar-refractivity contribution in [2.24, 2.45) is 5.10 Å². The third kappa shape index (κ3) is 5.14. The van der Waals surface area contributed by atoms with Gasteiger partial charge >= 0.3 is 0 Å². The van der Waals surface area contributed by atoms with Crippen LogP contribution in [0.2, 0.25) is 0 Å². The highest BCUT2D eigenvalue weighted by Gasteiger charge is 2.05. The van der Waals surface area contributed by atoms with E-state index in [-0.39, 0.29) is 12.0 Å². The summed E-state index contributed by atoms with van der Waals surface area (Å²) in [6.07, 6.45) is 1.68. The number of methoxy groups -OCH3 is 1. The Kier molecular flexibility index (Phi) is 5.74. The normalized spacial score (nSPS) is 10.8. The van der Waals surface area contributed by atoms with Gasteiger partial charge in [0.2, 0.25) is 0 Å². The first kappa shape index (κ1) is 16.5. The number of amides is 1. The lowest BCUT2D eigenvalue weighted by molar-refractivity contribution is 0.0955. The van der Waals surface area contributed by atoms with Gasteiger partial charge in [-0.25, -0.2) is 5.43 Å². The maximum atomic E-state index is 12.0. The summed E-state index contributed by atoms with van der Waals surface area (Å²) in [4.78, 5) is 12.0. The zero-order valence-corrected chi connectivity index (χ0v) is 13.4. The molecule has 2 aromatic rings. The molecule has 0 saturated carbocycles. The first-order valence-corrected chi connectivity index (χ1v) is 7.32. The largest absolute Gasteiger partial charge is 0.497 e. The molecule has 0 bridgehead atoms. The molecule has 5 nitrogen and oxygen atoms in total. The molecule has 2 aromatic carbocycles. The fourth-order valence-electron chi connectivity index (χ4n) is 1.88. The van der Waals surface area contributed by atoms with Gasteiger partial charge in [-0.05, 0) is 67.9 Å². The Morgan fingerprint density at radius 2 is 1.65 bits per heavy atom. The number of carbonyl (C=O) groups is 1. The number of rotatable bonds is 6. The van der Waals surface area contributed by atoms with Crippen molar-refractivity contribution < 1.29 is 14.3 Å². The van der Waals surface area contributed by atoms with Gasteiger partial charge in [0.25, 0.3) is 5.91 Å². The van der Waals surface area contributed by atoms with E-state index in [2.05, 4.69) is 10.5 Å². The van der Waals surface area contributed by atoms with Crippen LogP contribution in [0.1, 0.15) is 29.8 Å². The van der Waals surface area contributed by atoms with Crippen LogP contribution < -0.4 is 14.9 Å². The highest BCUT2D eigenvalue weighted by Crippen LogP contribution is 2.14. The monoisotopic (exact) mass is 312 g/mol. The molecule has 1 amide bonds. The lowest BCUT2D eigenvalue weighted by Crippen LogP contribution is -2.17. The summed E-state index contributed by atoms with van der Waals surface area (Å²) in [5.41, 5.74) is 3.88. The van der Waals surface area contributed by atoms with E-state index < -0.39 is 0 Å². The number of nitrogens with one attached hydrogen (secondary N) is 1. The molecule has 0 spiro atoms. The highest BCUT2D eigenvalue weighted by atomic mass is 16.5. The van der Waals surface area contributed by atoms with Crippen LogP contribution in [0.25, 0.3) is 0 Å². The molecule has 23 heavy (non-hydrogen) atoms. The van der Waals surface area contributed by atoms with E-state index in [9.17, 15) is 4.79 Å². The van der Waals surface area contributed by atoms with Gasteiger partial charge in [-0.15, -0.1) is 0 Å². The molecule has 0 saturated heterocycles. The van der Waals surface area contributed by atoms with Crippen molar-refractivity contribution in [3.8, 4) is 11.5 Å². The molecule has 0 atom stereocenters. The van der Waals surface area contributed by atoms with E-state index in [4.69, 9.17) is 9.47 Å². The summed E-state index contributed by atoms with van der Waals surface area (Å²) in [5.74, 6) is 1.24. The molecule has 5 heteroatoms. The third-order valence-corrected chi connectivity index (χ3v) is 2.98. The second-order valence-electron chi connectivity index (χ2n) is 5.16. The fraction of sp³-hybridized carbons (Fsp3) is 0.222. The number of nitrogens with zero attached hydrogens (tertiary/aromatic N) is 1. The fourth-order valence-corrected chi connectivity index (χ4v) is 1.88. The Morgan fingerprint density at radius 3 is 2.22 bits per heavy atom. The SMILES string of the molecule is COc1ccc(/C=N\NC(=O)c2ccc(OC(C)C)cc2)cc1. The first-order chi connectivity index (χ1) is 11.1. The summed E-state index contributed by atoms with van der Waals surface area (Å²) in [6.45, 7) is 3.91. The topological polar surface area (TPSA) is 59.9 Å². The average Bonchev–Trinajstić information content (AvgIpc) is 2.55. The lowest BCUT2D eigenvalue weighted by Gasteiger charge is -2.09. The standard InChI is InChI=1S/C18H20N2O3/c1-13(2)23-17-10-6-15(7-11-17)18(21)20-19-12-14-4-8-16(22-3)9-5-14/h4-13H,1-3H3,(H,20,21)/b19-12-. The van der Waals surface area contributed by atoms with Crippen molar-refractivity contribution in [3.63, 3.8) is 0 Å². The predicted octanol–water partition coefficient (Wildman–Crippen LogP) is 3.25. The summed E-state index contributed by atoms with van der Waals surface area (Å²) in [7, 11) is 1.61. The maximum Gasteiger partial charge on any atom is 0.271 e. The number of hydrogen-bond donors (Lipinski definition) is 1. The van der Waals surface area contributed by atoms with Gasteiger partial charge in [-0.1, -0.05) is 0 Å². The molecular weight excluding hydrogens is 292 g/mol. The minimum absolute atomic E-state index is 0.101. The Morgan fingerprint density at radius 1 is 1.04 bits per heavy atom. The van der Waals surface area contributed by atoms with Gasteiger partial charge in [0, 0.05) is 5.56 Å². The van der Waals surface area contributed by atoms with E-state index in [1.54, 1.807) is 37.6 Å². The Hall–Kier alpha value is -2.82. The van der Waals surface area contributed by atoms with Crippen molar-refractivity contribution in [2.45, 2.75) is 20.0 Å². The average molecular weight is 312 g/mol. The predicted molar refractivity (Wildman–Crippen MR) is 90.3 cm³/mol. The molecule has 0 fully saturated rings. The molecule has 0 aliphatic carbocycles. The van der Waals surface area contributed by atoms with Crippen LogP contribution in [0.15, 0.2) is 53.6 Å². The molecule has 0 heterocycles. The van der Waals surface area contributed by atoms with Crippen LogP contribution in [-0.4, -0.2) is 25.3 Å². The zero-order chi connectivity index (χ0) is 16.7. The Labute approximate surface area is 135 Å². The van der Waals surface area contributed by atoms with Gasteiger partial charge < -0.3 is 9.47 Å². The maximum absolute atomic E-state index is 12.0. The summed E-state index contributed by atoms with van der Waals surface area (Å²) >= 11 is 0. The molecule has 120 valence electrons. The molecule has 0 aromatic heterocycles. The molecule has 0 unspecified atom stereocenters. The van der Waals surface area contributed by atoms with E-state index >= 15 is 0 Å². The minimum Gasteiger partial charge on any atom is -0.497 e. The second kappa shape index (κ2) is 7.98.